The predicted molar refractivity (Wildman–Crippen MR) is 72.7 cm³/mol. The number of piperidine rings is 1. The van der Waals surface area contributed by atoms with Crippen molar-refractivity contribution in [3.05, 3.63) is 0 Å². The number of halogens is 3. The number of fused-ring (bicyclic) bond motifs is 5. The van der Waals surface area contributed by atoms with Gasteiger partial charge >= 0.3 is 6.18 Å². The molecule has 6 heteroatoms. The molecule has 0 spiro atoms. The molecule has 5 fully saturated rings. The number of amides is 1. The Hall–Kier alpha value is -0.780. The highest BCUT2D eigenvalue weighted by Gasteiger charge is 2.60. The van der Waals surface area contributed by atoms with E-state index < -0.39 is 24.1 Å². The van der Waals surface area contributed by atoms with Gasteiger partial charge in [0, 0.05) is 6.54 Å². The van der Waals surface area contributed by atoms with Crippen LogP contribution in [0.2, 0.25) is 0 Å². The van der Waals surface area contributed by atoms with E-state index in [-0.39, 0.29) is 29.7 Å². The summed E-state index contributed by atoms with van der Waals surface area (Å²) in [6.07, 6.45) is -0.691. The van der Waals surface area contributed by atoms with Gasteiger partial charge in [-0.2, -0.15) is 13.2 Å². The molecule has 5 rings (SSSR count). The Balaban J connectivity index is 1.61. The van der Waals surface area contributed by atoms with Crippen molar-refractivity contribution in [3.8, 4) is 0 Å². The summed E-state index contributed by atoms with van der Waals surface area (Å²) in [6.45, 7) is 0.541. The second-order valence-electron chi connectivity index (χ2n) is 7.73. The fourth-order valence-corrected chi connectivity index (χ4v) is 5.71. The molecule has 0 aromatic rings. The van der Waals surface area contributed by atoms with E-state index in [0.29, 0.717) is 25.8 Å². The normalized spacial score (nSPS) is 47.3. The molecular formula is C16H22F3NO2. The van der Waals surface area contributed by atoms with Crippen molar-refractivity contribution >= 4 is 5.91 Å². The highest BCUT2D eigenvalue weighted by Crippen LogP contribution is 2.55. The first kappa shape index (κ1) is 14.8. The van der Waals surface area contributed by atoms with Crippen molar-refractivity contribution in [1.29, 1.82) is 0 Å². The average molecular weight is 317 g/mol. The second-order valence-corrected chi connectivity index (χ2v) is 7.73. The summed E-state index contributed by atoms with van der Waals surface area (Å²) in [7, 11) is 0. The van der Waals surface area contributed by atoms with Gasteiger partial charge in [0.15, 0.2) is 0 Å². The third kappa shape index (κ3) is 2.09. The Morgan fingerprint density at radius 1 is 1.05 bits per heavy atom. The Kier molecular flexibility index (Phi) is 3.26. The minimum atomic E-state index is -4.29. The van der Waals surface area contributed by atoms with Crippen LogP contribution in [0.1, 0.15) is 38.5 Å². The number of alkyl halides is 3. The molecule has 4 bridgehead atoms. The lowest BCUT2D eigenvalue weighted by molar-refractivity contribution is -0.232. The van der Waals surface area contributed by atoms with Crippen molar-refractivity contribution in [1.82, 2.24) is 4.90 Å². The molecule has 1 heterocycles. The summed E-state index contributed by atoms with van der Waals surface area (Å²) in [5.74, 6) is -2.94. The van der Waals surface area contributed by atoms with Crippen LogP contribution in [-0.2, 0) is 4.79 Å². The summed E-state index contributed by atoms with van der Waals surface area (Å²) in [6, 6.07) is -0.244. The molecule has 0 aromatic carbocycles. The average Bonchev–Trinajstić information content (AvgIpc) is 3.05. The van der Waals surface area contributed by atoms with E-state index >= 15 is 0 Å². The van der Waals surface area contributed by atoms with Gasteiger partial charge < -0.3 is 10.0 Å². The summed E-state index contributed by atoms with van der Waals surface area (Å²) < 4.78 is 40.6. The van der Waals surface area contributed by atoms with Gasteiger partial charge in [-0.3, -0.25) is 4.79 Å². The van der Waals surface area contributed by atoms with Gasteiger partial charge in [0.1, 0.15) is 0 Å². The number of nitrogens with zero attached hydrogens (tertiary/aromatic N) is 1. The Bertz CT molecular complexity index is 473. The number of aliphatic hydroxyl groups is 1. The summed E-state index contributed by atoms with van der Waals surface area (Å²) in [4.78, 5) is 14.5. The van der Waals surface area contributed by atoms with Crippen molar-refractivity contribution in [3.63, 3.8) is 0 Å². The van der Waals surface area contributed by atoms with E-state index in [2.05, 4.69) is 0 Å². The first-order valence-corrected chi connectivity index (χ1v) is 8.41. The molecule has 5 aliphatic rings. The number of likely N-dealkylation sites (tertiary alicyclic amines) is 1. The van der Waals surface area contributed by atoms with Gasteiger partial charge in [-0.25, -0.2) is 0 Å². The minimum absolute atomic E-state index is 0.125. The van der Waals surface area contributed by atoms with Crippen LogP contribution in [0, 0.1) is 29.6 Å². The SMILES string of the molecule is O=C([C@H]1C2CCC(CC2)[C@@H]1C(F)(F)F)N1C[C@@H]2C[C@@H](O)[C@H]1C2. The third-order valence-corrected chi connectivity index (χ3v) is 6.61. The lowest BCUT2D eigenvalue weighted by Crippen LogP contribution is -2.56. The zero-order valence-electron chi connectivity index (χ0n) is 12.4. The van der Waals surface area contributed by atoms with E-state index in [1.54, 1.807) is 4.90 Å². The number of hydrogen-bond donors (Lipinski definition) is 1. The maximum absolute atomic E-state index is 13.5. The van der Waals surface area contributed by atoms with Gasteiger partial charge in [-0.15, -0.1) is 0 Å². The molecule has 4 aliphatic carbocycles. The van der Waals surface area contributed by atoms with Crippen LogP contribution in [-0.4, -0.2) is 40.8 Å². The van der Waals surface area contributed by atoms with Crippen LogP contribution >= 0.6 is 0 Å². The molecule has 4 saturated carbocycles. The maximum atomic E-state index is 13.5. The Morgan fingerprint density at radius 2 is 1.68 bits per heavy atom. The fraction of sp³-hybridized carbons (Fsp3) is 0.938. The molecule has 1 amide bonds. The van der Waals surface area contributed by atoms with Crippen molar-refractivity contribution < 1.29 is 23.1 Å². The quantitative estimate of drug-likeness (QED) is 0.807. The molecule has 0 unspecified atom stereocenters. The highest BCUT2D eigenvalue weighted by molar-refractivity contribution is 5.81. The van der Waals surface area contributed by atoms with E-state index in [1.807, 2.05) is 0 Å². The zero-order chi connectivity index (χ0) is 15.6. The molecule has 5 atom stereocenters. The van der Waals surface area contributed by atoms with Crippen LogP contribution in [0.25, 0.3) is 0 Å². The molecule has 1 N–H and O–H groups in total. The van der Waals surface area contributed by atoms with Crippen molar-refractivity contribution in [2.45, 2.75) is 56.8 Å². The van der Waals surface area contributed by atoms with Crippen molar-refractivity contribution in [2.24, 2.45) is 29.6 Å². The van der Waals surface area contributed by atoms with E-state index in [1.165, 1.54) is 0 Å². The van der Waals surface area contributed by atoms with Gasteiger partial charge in [0.05, 0.1) is 24.0 Å². The fourth-order valence-electron chi connectivity index (χ4n) is 5.71. The molecule has 0 radical (unpaired) electrons. The van der Waals surface area contributed by atoms with Crippen LogP contribution in [0.5, 0.6) is 0 Å². The standard InChI is InChI=1S/C16H22F3NO2/c17-16(18,19)14-10-3-1-9(2-4-10)13(14)15(22)20-7-8-5-11(20)12(21)6-8/h8-14,21H,1-7H2/t8-,9?,10?,11+,12+,13-,14-/m0/s1. The van der Waals surface area contributed by atoms with Gasteiger partial charge in [0.2, 0.25) is 5.91 Å². The number of hydrogen-bond acceptors (Lipinski definition) is 2. The van der Waals surface area contributed by atoms with Crippen LogP contribution < -0.4 is 0 Å². The zero-order valence-corrected chi connectivity index (χ0v) is 12.4. The summed E-state index contributed by atoms with van der Waals surface area (Å²) >= 11 is 0. The lowest BCUT2D eigenvalue weighted by atomic mass is 9.58. The molecule has 0 aromatic heterocycles. The number of aliphatic hydroxyl groups excluding tert-OH is 1. The monoisotopic (exact) mass is 317 g/mol. The van der Waals surface area contributed by atoms with Crippen molar-refractivity contribution in [2.75, 3.05) is 6.54 Å². The molecule has 22 heavy (non-hydrogen) atoms. The van der Waals surface area contributed by atoms with Crippen LogP contribution in [0.3, 0.4) is 0 Å². The molecular weight excluding hydrogens is 295 g/mol. The number of carbonyl (C=O) groups excluding carboxylic acids is 1. The largest absolute Gasteiger partial charge is 0.392 e. The van der Waals surface area contributed by atoms with E-state index in [0.717, 1.165) is 19.3 Å². The molecule has 3 nitrogen and oxygen atoms in total. The van der Waals surface area contributed by atoms with E-state index in [4.69, 9.17) is 0 Å². The lowest BCUT2D eigenvalue weighted by Gasteiger charge is -2.50. The van der Waals surface area contributed by atoms with Gasteiger partial charge in [0.25, 0.3) is 0 Å². The predicted octanol–water partition coefficient (Wildman–Crippen LogP) is 2.58. The summed E-state index contributed by atoms with van der Waals surface area (Å²) in [5, 5.41) is 9.98. The minimum Gasteiger partial charge on any atom is -0.391 e. The van der Waals surface area contributed by atoms with E-state index in [9.17, 15) is 23.1 Å². The second kappa shape index (κ2) is 4.86. The topological polar surface area (TPSA) is 40.5 Å². The Morgan fingerprint density at radius 3 is 2.23 bits per heavy atom. The number of rotatable bonds is 1. The van der Waals surface area contributed by atoms with Crippen LogP contribution in [0.15, 0.2) is 0 Å². The number of carbonyl (C=O) groups is 1. The first-order valence-electron chi connectivity index (χ1n) is 8.41. The molecule has 1 aliphatic heterocycles. The Labute approximate surface area is 127 Å². The van der Waals surface area contributed by atoms with Crippen LogP contribution in [0.4, 0.5) is 13.2 Å². The molecule has 124 valence electrons. The van der Waals surface area contributed by atoms with Gasteiger partial charge in [-0.1, -0.05) is 0 Å². The summed E-state index contributed by atoms with van der Waals surface area (Å²) in [5.41, 5.74) is 0. The maximum Gasteiger partial charge on any atom is 0.392 e. The van der Waals surface area contributed by atoms with Gasteiger partial charge in [-0.05, 0) is 56.3 Å². The highest BCUT2D eigenvalue weighted by atomic mass is 19.4. The first-order chi connectivity index (χ1) is 10.4. The smallest absolute Gasteiger partial charge is 0.391 e. The third-order valence-electron chi connectivity index (χ3n) is 6.61. The molecule has 1 saturated heterocycles.